The molecule has 15 heteroatoms. The first kappa shape index (κ1) is 38.9. The van der Waals surface area contributed by atoms with E-state index in [2.05, 4.69) is 16.4 Å². The maximum atomic E-state index is 15.3. The van der Waals surface area contributed by atoms with Gasteiger partial charge < -0.3 is 4.74 Å². The average Bonchev–Trinajstić information content (AvgIpc) is 3.01. The molecule has 1 aliphatic rings. The summed E-state index contributed by atoms with van der Waals surface area (Å²) in [6, 6.07) is 8.39. The predicted octanol–water partition coefficient (Wildman–Crippen LogP) is 13.0. The van der Waals surface area contributed by atoms with Crippen LogP contribution in [-0.2, 0) is 17.0 Å². The summed E-state index contributed by atoms with van der Waals surface area (Å²) in [7, 11) is 0. The summed E-state index contributed by atoms with van der Waals surface area (Å²) >= 11 is 0. The predicted molar refractivity (Wildman–Crippen MR) is 163 cm³/mol. The van der Waals surface area contributed by atoms with Crippen molar-refractivity contribution < 1.29 is 66.5 Å². The molecular formula is C37H29F13O2. The lowest BCUT2D eigenvalue weighted by molar-refractivity contribution is -0.432. The van der Waals surface area contributed by atoms with E-state index < -0.39 is 93.6 Å². The van der Waals surface area contributed by atoms with Gasteiger partial charge in [-0.2, -0.15) is 17.6 Å². The van der Waals surface area contributed by atoms with E-state index in [1.165, 1.54) is 12.8 Å². The first-order valence-electron chi connectivity index (χ1n) is 16.1. The van der Waals surface area contributed by atoms with Crippen LogP contribution in [0.2, 0.25) is 0 Å². The van der Waals surface area contributed by atoms with E-state index in [0.29, 0.717) is 17.4 Å². The van der Waals surface area contributed by atoms with Gasteiger partial charge in [-0.1, -0.05) is 50.5 Å². The van der Waals surface area contributed by atoms with E-state index in [-0.39, 0.29) is 17.7 Å². The average molecular weight is 753 g/mol. The fraction of sp³-hybridized carbons (Fsp3) is 0.351. The van der Waals surface area contributed by atoms with E-state index in [4.69, 9.17) is 0 Å². The summed E-state index contributed by atoms with van der Waals surface area (Å²) in [4.78, 5) is 0. The van der Waals surface area contributed by atoms with Crippen molar-refractivity contribution in [2.24, 2.45) is 5.92 Å². The molecule has 0 heterocycles. The van der Waals surface area contributed by atoms with Gasteiger partial charge in [0.2, 0.25) is 0 Å². The molecule has 1 aliphatic carbocycles. The fourth-order valence-electron chi connectivity index (χ4n) is 6.52. The van der Waals surface area contributed by atoms with Gasteiger partial charge in [0.25, 0.3) is 0 Å². The molecule has 4 aromatic carbocycles. The SMILES string of the molecule is CCCCC1CCC(c2ccc(-c3cc(F)c(-c4cc(F)c(C(F)(F)Oc5cc(F)c(C(F)(F)OC(F)(F)F)c(F)c5)c(F)c4)c(F)c3)cc2)CC1. The summed E-state index contributed by atoms with van der Waals surface area (Å²) in [5, 5.41) is 0. The highest BCUT2D eigenvalue weighted by Gasteiger charge is 2.50. The zero-order chi connectivity index (χ0) is 38.2. The van der Waals surface area contributed by atoms with Crippen molar-refractivity contribution in [3.05, 3.63) is 112 Å². The Bertz CT molecular complexity index is 1830. The number of rotatable bonds is 11. The van der Waals surface area contributed by atoms with Crippen molar-refractivity contribution in [2.75, 3.05) is 0 Å². The molecule has 0 radical (unpaired) electrons. The smallest absolute Gasteiger partial charge is 0.429 e. The van der Waals surface area contributed by atoms with Crippen LogP contribution in [-0.4, -0.2) is 6.36 Å². The molecule has 0 atom stereocenters. The van der Waals surface area contributed by atoms with Gasteiger partial charge in [-0.25, -0.2) is 31.1 Å². The van der Waals surface area contributed by atoms with Gasteiger partial charge in [0.15, 0.2) is 0 Å². The Hall–Kier alpha value is -4.27. The van der Waals surface area contributed by atoms with Gasteiger partial charge in [0.05, 0.1) is 5.56 Å². The van der Waals surface area contributed by atoms with Crippen molar-refractivity contribution in [1.29, 1.82) is 0 Å². The Kier molecular flexibility index (Phi) is 11.2. The Morgan fingerprint density at radius 1 is 0.577 bits per heavy atom. The maximum Gasteiger partial charge on any atom is 0.527 e. The number of hydrogen-bond donors (Lipinski definition) is 0. The summed E-state index contributed by atoms with van der Waals surface area (Å²) in [6.45, 7) is 2.16. The van der Waals surface area contributed by atoms with Gasteiger partial charge in [0.1, 0.15) is 51.8 Å². The highest BCUT2D eigenvalue weighted by atomic mass is 19.4. The van der Waals surface area contributed by atoms with E-state index in [1.807, 2.05) is 12.1 Å². The Morgan fingerprint density at radius 2 is 1.06 bits per heavy atom. The molecule has 52 heavy (non-hydrogen) atoms. The molecule has 0 N–H and O–H groups in total. The summed E-state index contributed by atoms with van der Waals surface area (Å²) in [6.07, 6.45) is -8.99. The first-order chi connectivity index (χ1) is 24.3. The number of halogens is 13. The minimum atomic E-state index is -6.07. The molecule has 0 spiro atoms. The molecule has 4 aromatic rings. The van der Waals surface area contributed by atoms with Crippen molar-refractivity contribution in [2.45, 2.75) is 76.4 Å². The van der Waals surface area contributed by atoms with Crippen LogP contribution in [0.15, 0.2) is 60.7 Å². The van der Waals surface area contributed by atoms with Crippen molar-refractivity contribution in [3.63, 3.8) is 0 Å². The summed E-state index contributed by atoms with van der Waals surface area (Å²) < 4.78 is 189. The summed E-state index contributed by atoms with van der Waals surface area (Å²) in [5.74, 6) is -12.6. The van der Waals surface area contributed by atoms with Crippen molar-refractivity contribution in [3.8, 4) is 28.0 Å². The molecule has 0 aromatic heterocycles. The number of benzene rings is 4. The second-order valence-electron chi connectivity index (χ2n) is 12.6. The lowest BCUT2D eigenvalue weighted by Gasteiger charge is -2.29. The Labute approximate surface area is 289 Å². The number of unbranched alkanes of at least 4 members (excludes halogenated alkanes) is 1. The minimum absolute atomic E-state index is 0.0827. The Morgan fingerprint density at radius 3 is 1.56 bits per heavy atom. The molecule has 0 unspecified atom stereocenters. The molecule has 0 bridgehead atoms. The maximum absolute atomic E-state index is 15.3. The zero-order valence-electron chi connectivity index (χ0n) is 27.1. The third kappa shape index (κ3) is 8.67. The van der Waals surface area contributed by atoms with Gasteiger partial charge in [-0.3, -0.25) is 0 Å². The van der Waals surface area contributed by atoms with Crippen LogP contribution in [0, 0.1) is 40.8 Å². The van der Waals surface area contributed by atoms with Gasteiger partial charge in [-0.05, 0) is 84.0 Å². The molecule has 0 amide bonds. The van der Waals surface area contributed by atoms with Crippen LogP contribution in [0.25, 0.3) is 22.3 Å². The first-order valence-corrected chi connectivity index (χ1v) is 16.1. The third-order valence-electron chi connectivity index (χ3n) is 8.99. The largest absolute Gasteiger partial charge is 0.527 e. The highest BCUT2D eigenvalue weighted by Crippen LogP contribution is 2.43. The van der Waals surface area contributed by atoms with Gasteiger partial charge in [0, 0.05) is 12.1 Å². The highest BCUT2D eigenvalue weighted by molar-refractivity contribution is 5.72. The lowest BCUT2D eigenvalue weighted by atomic mass is 9.77. The second kappa shape index (κ2) is 15.0. The van der Waals surface area contributed by atoms with Crippen molar-refractivity contribution >= 4 is 0 Å². The lowest BCUT2D eigenvalue weighted by Crippen LogP contribution is -2.30. The molecule has 0 saturated heterocycles. The van der Waals surface area contributed by atoms with Crippen LogP contribution < -0.4 is 4.74 Å². The van der Waals surface area contributed by atoms with E-state index in [9.17, 15) is 48.3 Å². The summed E-state index contributed by atoms with van der Waals surface area (Å²) in [5.41, 5.74) is -5.05. The third-order valence-corrected chi connectivity index (χ3v) is 8.99. The molecule has 1 saturated carbocycles. The Balaban J connectivity index is 1.35. The topological polar surface area (TPSA) is 18.5 Å². The van der Waals surface area contributed by atoms with Crippen molar-refractivity contribution in [1.82, 2.24) is 0 Å². The standard InChI is InChI=1S/C37H29F13O2/c1-2-3-4-19-5-7-20(8-6-19)21-9-11-22(12-10-21)23-13-26(38)32(27(39)14-23)24-15-28(40)33(29(41)16-24)35(44,45)51-25-17-30(42)34(31(43)18-25)36(46,47)52-37(48,49)50/h9-20H,2-8H2,1H3. The quantitative estimate of drug-likeness (QED) is 0.142. The molecule has 2 nitrogen and oxygen atoms in total. The van der Waals surface area contributed by atoms with Gasteiger partial charge in [-0.15, -0.1) is 13.2 Å². The normalized spacial score (nSPS) is 17.0. The van der Waals surface area contributed by atoms with Crippen LogP contribution in [0.1, 0.15) is 74.5 Å². The molecular weight excluding hydrogens is 723 g/mol. The molecule has 280 valence electrons. The van der Waals surface area contributed by atoms with E-state index in [0.717, 1.165) is 49.8 Å². The molecule has 1 fully saturated rings. The number of alkyl halides is 7. The zero-order valence-corrected chi connectivity index (χ0v) is 27.1. The fourth-order valence-corrected chi connectivity index (χ4v) is 6.52. The molecule has 5 rings (SSSR count). The monoisotopic (exact) mass is 752 g/mol. The van der Waals surface area contributed by atoms with Crippen LogP contribution >= 0.6 is 0 Å². The second-order valence-corrected chi connectivity index (χ2v) is 12.6. The number of ether oxygens (including phenoxy) is 2. The van der Waals surface area contributed by atoms with Crippen LogP contribution in [0.5, 0.6) is 5.75 Å². The van der Waals surface area contributed by atoms with Crippen LogP contribution in [0.4, 0.5) is 57.1 Å². The minimum Gasteiger partial charge on any atom is -0.429 e. The molecule has 0 aliphatic heterocycles. The van der Waals surface area contributed by atoms with Gasteiger partial charge >= 0.3 is 18.6 Å². The number of hydrogen-bond acceptors (Lipinski definition) is 2. The van der Waals surface area contributed by atoms with E-state index >= 15 is 8.78 Å². The van der Waals surface area contributed by atoms with Crippen LogP contribution in [0.3, 0.4) is 0 Å². The van der Waals surface area contributed by atoms with E-state index in [1.54, 1.807) is 12.1 Å².